The Labute approximate surface area is 128 Å². The zero-order valence-corrected chi connectivity index (χ0v) is 12.8. The Bertz CT molecular complexity index is 630. The standard InChI is InChI=1S/C16H20N2O4/c1-9-3-4-10-12(14(2)11(19)5-6-16(9,14)21)22-13(20)15(10)7-8-17-18-15/h5-6,9-10,12,21H,3-4,7-8H2,1-2H3/t9-,10+,12+,14-,15-,16+/m0/s1. The number of aliphatic hydroxyl groups is 1. The number of nitrogens with zero attached hydrogens (tertiary/aromatic N) is 2. The van der Waals surface area contributed by atoms with Gasteiger partial charge in [-0.3, -0.25) is 4.79 Å². The number of fused-ring (bicyclic) bond motifs is 4. The number of carbonyl (C=O) groups is 2. The maximum Gasteiger partial charge on any atom is 0.336 e. The van der Waals surface area contributed by atoms with E-state index in [1.165, 1.54) is 6.08 Å². The summed E-state index contributed by atoms with van der Waals surface area (Å²) < 4.78 is 5.67. The van der Waals surface area contributed by atoms with Gasteiger partial charge in [-0.2, -0.15) is 10.2 Å². The smallest absolute Gasteiger partial charge is 0.336 e. The van der Waals surface area contributed by atoms with Crippen molar-refractivity contribution in [2.75, 3.05) is 6.54 Å². The van der Waals surface area contributed by atoms with E-state index >= 15 is 0 Å². The summed E-state index contributed by atoms with van der Waals surface area (Å²) in [5.74, 6) is -0.836. The van der Waals surface area contributed by atoms with Crippen LogP contribution >= 0.6 is 0 Å². The van der Waals surface area contributed by atoms with Gasteiger partial charge in [-0.25, -0.2) is 4.79 Å². The number of hydrogen-bond donors (Lipinski definition) is 1. The molecule has 0 aromatic heterocycles. The molecular formula is C16H20N2O4. The van der Waals surface area contributed by atoms with Crippen LogP contribution in [0.25, 0.3) is 0 Å². The van der Waals surface area contributed by atoms with E-state index in [-0.39, 0.29) is 23.6 Å². The predicted octanol–water partition coefficient (Wildman–Crippen LogP) is 1.43. The van der Waals surface area contributed by atoms with Gasteiger partial charge in [0.1, 0.15) is 11.7 Å². The van der Waals surface area contributed by atoms with Gasteiger partial charge in [-0.15, -0.1) is 0 Å². The first-order chi connectivity index (χ1) is 10.4. The zero-order valence-electron chi connectivity index (χ0n) is 12.8. The molecule has 0 aromatic carbocycles. The number of allylic oxidation sites excluding steroid dienone is 1. The van der Waals surface area contributed by atoms with Gasteiger partial charge in [0.15, 0.2) is 11.3 Å². The molecule has 0 aromatic rings. The van der Waals surface area contributed by atoms with Crippen molar-refractivity contribution in [1.82, 2.24) is 0 Å². The van der Waals surface area contributed by atoms with Crippen LogP contribution < -0.4 is 0 Å². The van der Waals surface area contributed by atoms with Crippen molar-refractivity contribution in [1.29, 1.82) is 0 Å². The van der Waals surface area contributed by atoms with E-state index in [9.17, 15) is 14.7 Å². The molecule has 4 rings (SSSR count). The van der Waals surface area contributed by atoms with E-state index in [2.05, 4.69) is 10.2 Å². The molecule has 1 saturated carbocycles. The molecule has 0 bridgehead atoms. The third-order valence-electron chi connectivity index (χ3n) is 6.47. The minimum Gasteiger partial charge on any atom is -0.459 e. The Hall–Kier alpha value is -1.56. The van der Waals surface area contributed by atoms with Crippen LogP contribution in [0.1, 0.15) is 33.1 Å². The third kappa shape index (κ3) is 1.31. The van der Waals surface area contributed by atoms with Crippen molar-refractivity contribution >= 4 is 11.8 Å². The van der Waals surface area contributed by atoms with E-state index in [0.717, 1.165) is 6.42 Å². The van der Waals surface area contributed by atoms with Crippen LogP contribution in [0.4, 0.5) is 0 Å². The van der Waals surface area contributed by atoms with Gasteiger partial charge in [0.05, 0.1) is 12.0 Å². The minimum atomic E-state index is -1.27. The van der Waals surface area contributed by atoms with Crippen molar-refractivity contribution in [3.05, 3.63) is 12.2 Å². The second-order valence-corrected chi connectivity index (χ2v) is 7.28. The summed E-state index contributed by atoms with van der Waals surface area (Å²) in [6, 6.07) is 0. The van der Waals surface area contributed by atoms with E-state index in [1.54, 1.807) is 13.0 Å². The van der Waals surface area contributed by atoms with Crippen molar-refractivity contribution in [3.8, 4) is 0 Å². The van der Waals surface area contributed by atoms with Gasteiger partial charge >= 0.3 is 5.97 Å². The van der Waals surface area contributed by atoms with E-state index < -0.39 is 22.7 Å². The first kappa shape index (κ1) is 14.1. The second kappa shape index (κ2) is 4.04. The highest BCUT2D eigenvalue weighted by atomic mass is 16.6. The monoisotopic (exact) mass is 304 g/mol. The minimum absolute atomic E-state index is 0.0834. The Morgan fingerprint density at radius 1 is 1.36 bits per heavy atom. The highest BCUT2D eigenvalue weighted by molar-refractivity contribution is 6.00. The molecule has 0 unspecified atom stereocenters. The number of esters is 1. The highest BCUT2D eigenvalue weighted by Crippen LogP contribution is 2.59. The average molecular weight is 304 g/mol. The maximum absolute atomic E-state index is 12.6. The maximum atomic E-state index is 12.6. The Morgan fingerprint density at radius 2 is 2.14 bits per heavy atom. The van der Waals surface area contributed by atoms with E-state index in [1.807, 2.05) is 6.92 Å². The first-order valence-electron chi connectivity index (χ1n) is 7.92. The summed E-state index contributed by atoms with van der Waals surface area (Å²) >= 11 is 0. The van der Waals surface area contributed by atoms with Gasteiger partial charge in [0.2, 0.25) is 0 Å². The predicted molar refractivity (Wildman–Crippen MR) is 76.0 cm³/mol. The fraction of sp³-hybridized carbons (Fsp3) is 0.750. The van der Waals surface area contributed by atoms with Crippen molar-refractivity contribution in [2.24, 2.45) is 27.5 Å². The molecule has 0 amide bonds. The largest absolute Gasteiger partial charge is 0.459 e. The summed E-state index contributed by atoms with van der Waals surface area (Å²) in [7, 11) is 0. The van der Waals surface area contributed by atoms with Gasteiger partial charge < -0.3 is 9.84 Å². The summed E-state index contributed by atoms with van der Waals surface area (Å²) in [6.07, 6.45) is 4.35. The van der Waals surface area contributed by atoms with Gasteiger partial charge in [-0.1, -0.05) is 6.92 Å². The molecule has 6 nitrogen and oxygen atoms in total. The molecule has 1 spiro atoms. The molecule has 4 aliphatic rings. The van der Waals surface area contributed by atoms with Gasteiger partial charge in [0, 0.05) is 12.3 Å². The van der Waals surface area contributed by atoms with Gasteiger partial charge in [0.25, 0.3) is 0 Å². The molecule has 2 heterocycles. The summed E-state index contributed by atoms with van der Waals surface area (Å²) in [6.45, 7) is 4.20. The number of ether oxygens (including phenoxy) is 1. The quantitative estimate of drug-likeness (QED) is 0.686. The topological polar surface area (TPSA) is 88.3 Å². The zero-order chi connectivity index (χ0) is 15.8. The SMILES string of the molecule is C[C@H]1CC[C@@H]2[C@@H](OC(=O)[C@]23CCN=N3)[C@]2(C)C(=O)C=C[C@@]12O. The van der Waals surface area contributed by atoms with Gasteiger partial charge in [-0.05, 0) is 37.8 Å². The summed E-state index contributed by atoms with van der Waals surface area (Å²) in [4.78, 5) is 25.1. The Balaban J connectivity index is 1.87. The van der Waals surface area contributed by atoms with Crippen LogP contribution in [0.5, 0.6) is 0 Å². The number of carbonyl (C=O) groups excluding carboxylic acids is 2. The van der Waals surface area contributed by atoms with Crippen LogP contribution in [-0.4, -0.2) is 40.6 Å². The lowest BCUT2D eigenvalue weighted by atomic mass is 9.63. The number of rotatable bonds is 0. The lowest BCUT2D eigenvalue weighted by molar-refractivity contribution is -0.166. The molecule has 2 aliphatic heterocycles. The molecule has 1 N–H and O–H groups in total. The lowest BCUT2D eigenvalue weighted by Crippen LogP contribution is -2.57. The Morgan fingerprint density at radius 3 is 2.82 bits per heavy atom. The van der Waals surface area contributed by atoms with Crippen molar-refractivity contribution in [3.63, 3.8) is 0 Å². The van der Waals surface area contributed by atoms with Crippen LogP contribution in [0.3, 0.4) is 0 Å². The van der Waals surface area contributed by atoms with Crippen LogP contribution in [0.2, 0.25) is 0 Å². The van der Waals surface area contributed by atoms with Crippen LogP contribution in [0.15, 0.2) is 22.4 Å². The molecule has 2 aliphatic carbocycles. The Kier molecular flexibility index (Phi) is 2.58. The normalized spacial score (nSPS) is 52.8. The number of ketones is 1. The fourth-order valence-electron chi connectivity index (χ4n) is 4.90. The van der Waals surface area contributed by atoms with Crippen LogP contribution in [-0.2, 0) is 14.3 Å². The highest BCUT2D eigenvalue weighted by Gasteiger charge is 2.72. The third-order valence-corrected chi connectivity index (χ3v) is 6.47. The molecule has 2 fully saturated rings. The average Bonchev–Trinajstić information content (AvgIpc) is 3.13. The molecule has 0 radical (unpaired) electrons. The summed E-state index contributed by atoms with van der Waals surface area (Å²) in [5, 5.41) is 19.4. The van der Waals surface area contributed by atoms with Crippen molar-refractivity contribution in [2.45, 2.75) is 50.4 Å². The van der Waals surface area contributed by atoms with Crippen LogP contribution in [0, 0.1) is 17.3 Å². The second-order valence-electron chi connectivity index (χ2n) is 7.28. The molecule has 6 heteroatoms. The van der Waals surface area contributed by atoms with E-state index in [0.29, 0.717) is 19.4 Å². The molecule has 6 atom stereocenters. The number of azo groups is 1. The molecular weight excluding hydrogens is 284 g/mol. The number of hydrogen-bond acceptors (Lipinski definition) is 6. The summed E-state index contributed by atoms with van der Waals surface area (Å²) in [5.41, 5.74) is -3.35. The molecule has 118 valence electrons. The first-order valence-corrected chi connectivity index (χ1v) is 7.92. The van der Waals surface area contributed by atoms with E-state index in [4.69, 9.17) is 4.74 Å². The molecule has 1 saturated heterocycles. The molecule has 22 heavy (non-hydrogen) atoms. The fourth-order valence-corrected chi connectivity index (χ4v) is 4.90. The van der Waals surface area contributed by atoms with Crippen molar-refractivity contribution < 1.29 is 19.4 Å². The lowest BCUT2D eigenvalue weighted by Gasteiger charge is -2.43.